The standard InChI is InChI=1S/C19H14N2OS/c22-18-14-9-5-4-8-13(14)16-15(18)17(12-6-2-1-3-7-12)21-10-11-23-19(21)20-16/h1-9,17H,10-11H2. The highest BCUT2D eigenvalue weighted by molar-refractivity contribution is 8.14. The summed E-state index contributed by atoms with van der Waals surface area (Å²) in [5, 5.41) is 1.04. The second kappa shape index (κ2) is 4.83. The molecule has 0 aromatic heterocycles. The van der Waals surface area contributed by atoms with Gasteiger partial charge in [-0.2, -0.15) is 0 Å². The minimum absolute atomic E-state index is 0.0198. The Hall–Kier alpha value is -2.33. The maximum atomic E-state index is 13.0. The molecule has 2 heterocycles. The first kappa shape index (κ1) is 13.1. The third kappa shape index (κ3) is 1.78. The molecule has 0 radical (unpaired) electrons. The summed E-state index contributed by atoms with van der Waals surface area (Å²) < 4.78 is 0. The first-order chi connectivity index (χ1) is 11.3. The quantitative estimate of drug-likeness (QED) is 0.803. The van der Waals surface area contributed by atoms with Gasteiger partial charge in [-0.1, -0.05) is 66.4 Å². The summed E-state index contributed by atoms with van der Waals surface area (Å²) in [6.07, 6.45) is 0. The monoisotopic (exact) mass is 318 g/mol. The number of benzene rings is 2. The van der Waals surface area contributed by atoms with Crippen LogP contribution in [0.1, 0.15) is 27.5 Å². The van der Waals surface area contributed by atoms with E-state index in [0.717, 1.165) is 45.4 Å². The average Bonchev–Trinajstić information content (AvgIpc) is 3.18. The number of hydrogen-bond donors (Lipinski definition) is 0. The van der Waals surface area contributed by atoms with E-state index in [1.54, 1.807) is 11.8 Å². The summed E-state index contributed by atoms with van der Waals surface area (Å²) in [4.78, 5) is 20.2. The van der Waals surface area contributed by atoms with Gasteiger partial charge >= 0.3 is 0 Å². The van der Waals surface area contributed by atoms with Crippen molar-refractivity contribution in [2.45, 2.75) is 6.04 Å². The van der Waals surface area contributed by atoms with Gasteiger partial charge in [-0.3, -0.25) is 4.79 Å². The molecule has 23 heavy (non-hydrogen) atoms. The molecule has 2 aliphatic heterocycles. The van der Waals surface area contributed by atoms with Crippen molar-refractivity contribution in [2.24, 2.45) is 4.99 Å². The van der Waals surface area contributed by atoms with Crippen LogP contribution in [0.15, 0.2) is 65.2 Å². The molecule has 0 amide bonds. The zero-order chi connectivity index (χ0) is 15.4. The van der Waals surface area contributed by atoms with Crippen molar-refractivity contribution in [3.8, 4) is 0 Å². The Bertz CT molecular complexity index is 885. The van der Waals surface area contributed by atoms with Gasteiger partial charge in [0, 0.05) is 23.4 Å². The molecule has 1 unspecified atom stereocenters. The highest BCUT2D eigenvalue weighted by Crippen LogP contribution is 2.47. The highest BCUT2D eigenvalue weighted by Gasteiger charge is 2.43. The van der Waals surface area contributed by atoms with Crippen LogP contribution in [-0.4, -0.2) is 28.1 Å². The largest absolute Gasteiger partial charge is 0.339 e. The Morgan fingerprint density at radius 3 is 2.57 bits per heavy atom. The summed E-state index contributed by atoms with van der Waals surface area (Å²) in [5.41, 5.74) is 4.64. The molecule has 2 aromatic carbocycles. The van der Waals surface area contributed by atoms with Crippen LogP contribution in [-0.2, 0) is 0 Å². The highest BCUT2D eigenvalue weighted by atomic mass is 32.2. The first-order valence-electron chi connectivity index (χ1n) is 7.76. The molecule has 0 spiro atoms. The minimum Gasteiger partial charge on any atom is -0.339 e. The number of thioether (sulfide) groups is 1. The van der Waals surface area contributed by atoms with Gasteiger partial charge in [-0.05, 0) is 5.56 Å². The molecule has 1 saturated heterocycles. The third-order valence-corrected chi connectivity index (χ3v) is 5.61. The number of Topliss-reactive ketones (excluding diaryl/α,β-unsaturated/α-hetero) is 1. The zero-order valence-electron chi connectivity index (χ0n) is 12.4. The smallest absolute Gasteiger partial charge is 0.194 e. The zero-order valence-corrected chi connectivity index (χ0v) is 13.2. The molecule has 3 aliphatic rings. The van der Waals surface area contributed by atoms with E-state index < -0.39 is 0 Å². The van der Waals surface area contributed by atoms with E-state index >= 15 is 0 Å². The number of carbonyl (C=O) groups excluding carboxylic acids is 1. The van der Waals surface area contributed by atoms with Crippen LogP contribution in [0.5, 0.6) is 0 Å². The van der Waals surface area contributed by atoms with E-state index in [-0.39, 0.29) is 11.8 Å². The van der Waals surface area contributed by atoms with Gasteiger partial charge in [0.2, 0.25) is 0 Å². The topological polar surface area (TPSA) is 32.7 Å². The Balaban J connectivity index is 1.76. The summed E-state index contributed by atoms with van der Waals surface area (Å²) >= 11 is 1.78. The molecule has 1 fully saturated rings. The minimum atomic E-state index is -0.0198. The van der Waals surface area contributed by atoms with Gasteiger partial charge in [-0.15, -0.1) is 0 Å². The SMILES string of the molecule is O=C1C2=C(N=C3SCCN3C2c2ccccc2)c2ccccc21. The molecular weight excluding hydrogens is 304 g/mol. The number of hydrogen-bond acceptors (Lipinski definition) is 4. The summed E-state index contributed by atoms with van der Waals surface area (Å²) in [7, 11) is 0. The third-order valence-electron chi connectivity index (χ3n) is 4.64. The molecule has 4 heteroatoms. The van der Waals surface area contributed by atoms with Gasteiger partial charge < -0.3 is 4.90 Å². The van der Waals surface area contributed by atoms with Crippen LogP contribution in [0, 0.1) is 0 Å². The molecule has 1 atom stereocenters. The summed E-state index contributed by atoms with van der Waals surface area (Å²) in [6.45, 7) is 0.934. The van der Waals surface area contributed by atoms with E-state index in [0.29, 0.717) is 0 Å². The van der Waals surface area contributed by atoms with Crippen molar-refractivity contribution in [3.05, 3.63) is 76.9 Å². The van der Waals surface area contributed by atoms with E-state index in [2.05, 4.69) is 17.0 Å². The molecule has 0 saturated carbocycles. The molecule has 0 bridgehead atoms. The number of rotatable bonds is 1. The lowest BCUT2D eigenvalue weighted by molar-refractivity contribution is 0.102. The number of nitrogens with zero attached hydrogens (tertiary/aromatic N) is 2. The van der Waals surface area contributed by atoms with E-state index in [4.69, 9.17) is 4.99 Å². The second-order valence-corrected chi connectivity index (χ2v) is 6.95. The van der Waals surface area contributed by atoms with Gasteiger partial charge in [0.1, 0.15) is 0 Å². The number of fused-ring (bicyclic) bond motifs is 3. The van der Waals surface area contributed by atoms with Crippen molar-refractivity contribution in [2.75, 3.05) is 12.3 Å². The van der Waals surface area contributed by atoms with Crippen LogP contribution >= 0.6 is 11.8 Å². The van der Waals surface area contributed by atoms with Crippen LogP contribution in [0.4, 0.5) is 0 Å². The lowest BCUT2D eigenvalue weighted by atomic mass is 9.93. The Kier molecular flexibility index (Phi) is 2.76. The Labute approximate surface area is 138 Å². The van der Waals surface area contributed by atoms with Crippen LogP contribution in [0.2, 0.25) is 0 Å². The maximum Gasteiger partial charge on any atom is 0.194 e. The fraction of sp³-hybridized carbons (Fsp3) is 0.158. The fourth-order valence-corrected chi connectivity index (χ4v) is 4.63. The van der Waals surface area contributed by atoms with Crippen molar-refractivity contribution in [1.82, 2.24) is 4.90 Å². The number of amidine groups is 1. The van der Waals surface area contributed by atoms with Gasteiger partial charge in [-0.25, -0.2) is 4.99 Å². The molecule has 1 aliphatic carbocycles. The number of ketones is 1. The lowest BCUT2D eigenvalue weighted by Crippen LogP contribution is -2.34. The molecule has 3 nitrogen and oxygen atoms in total. The summed E-state index contributed by atoms with van der Waals surface area (Å²) in [6, 6.07) is 18.1. The van der Waals surface area contributed by atoms with E-state index in [1.165, 1.54) is 0 Å². The molecule has 112 valence electrons. The van der Waals surface area contributed by atoms with E-state index in [1.807, 2.05) is 42.5 Å². The number of carbonyl (C=O) groups is 1. The van der Waals surface area contributed by atoms with Gasteiger partial charge in [0.05, 0.1) is 17.3 Å². The van der Waals surface area contributed by atoms with Gasteiger partial charge in [0.25, 0.3) is 0 Å². The van der Waals surface area contributed by atoms with Crippen molar-refractivity contribution in [3.63, 3.8) is 0 Å². The number of aliphatic imine (C=N–C) groups is 1. The Morgan fingerprint density at radius 1 is 1.00 bits per heavy atom. The molecule has 2 aromatic rings. The maximum absolute atomic E-state index is 13.0. The van der Waals surface area contributed by atoms with Crippen LogP contribution < -0.4 is 0 Å². The van der Waals surface area contributed by atoms with Crippen molar-refractivity contribution >= 4 is 28.4 Å². The molecular formula is C19H14N2OS. The first-order valence-corrected chi connectivity index (χ1v) is 8.74. The lowest BCUT2D eigenvalue weighted by Gasteiger charge is -2.33. The second-order valence-electron chi connectivity index (χ2n) is 5.89. The fourth-order valence-electron chi connectivity index (χ4n) is 3.64. The van der Waals surface area contributed by atoms with Crippen molar-refractivity contribution < 1.29 is 4.79 Å². The predicted octanol–water partition coefficient (Wildman–Crippen LogP) is 3.75. The summed E-state index contributed by atoms with van der Waals surface area (Å²) in [5.74, 6) is 1.16. The van der Waals surface area contributed by atoms with Crippen LogP contribution in [0.3, 0.4) is 0 Å². The average molecular weight is 318 g/mol. The predicted molar refractivity (Wildman–Crippen MR) is 93.5 cm³/mol. The van der Waals surface area contributed by atoms with Crippen LogP contribution in [0.25, 0.3) is 5.70 Å². The Morgan fingerprint density at radius 2 is 1.74 bits per heavy atom. The molecule has 5 rings (SSSR count). The molecule has 0 N–H and O–H groups in total. The van der Waals surface area contributed by atoms with Gasteiger partial charge in [0.15, 0.2) is 11.0 Å². The normalized spacial score (nSPS) is 21.9. The van der Waals surface area contributed by atoms with E-state index in [9.17, 15) is 4.79 Å². The van der Waals surface area contributed by atoms with Crippen molar-refractivity contribution in [1.29, 1.82) is 0 Å².